The molecule has 0 bridgehead atoms. The Morgan fingerprint density at radius 2 is 2.11 bits per heavy atom. The van der Waals surface area contributed by atoms with E-state index in [-0.39, 0.29) is 5.82 Å². The maximum Gasteiger partial charge on any atom is 0.124 e. The standard InChI is InChI=1S/C16H23FN2/c1-3-5-6-13(4-2)11-19-12-15-7-14(10-18)8-16(17)9-15/h7-9,13,19H,3-6,11-12H2,1-2H3. The smallest absolute Gasteiger partial charge is 0.124 e. The van der Waals surface area contributed by atoms with Crippen molar-refractivity contribution in [3.8, 4) is 6.07 Å². The molecule has 0 aliphatic heterocycles. The molecule has 1 aromatic carbocycles. The first kappa shape index (κ1) is 15.7. The topological polar surface area (TPSA) is 35.8 Å². The first-order valence-electron chi connectivity index (χ1n) is 7.09. The van der Waals surface area contributed by atoms with Crippen molar-refractivity contribution in [1.29, 1.82) is 5.26 Å². The SMILES string of the molecule is CCCCC(CC)CNCc1cc(F)cc(C#N)c1. The fourth-order valence-electron chi connectivity index (χ4n) is 2.18. The summed E-state index contributed by atoms with van der Waals surface area (Å²) in [5.74, 6) is 0.345. The zero-order valence-electron chi connectivity index (χ0n) is 11.9. The Balaban J connectivity index is 2.44. The fraction of sp³-hybridized carbons (Fsp3) is 0.562. The lowest BCUT2D eigenvalue weighted by atomic mass is 9.99. The van der Waals surface area contributed by atoms with Crippen LogP contribution in [0.15, 0.2) is 18.2 Å². The van der Waals surface area contributed by atoms with Gasteiger partial charge in [-0.2, -0.15) is 5.26 Å². The third-order valence-corrected chi connectivity index (χ3v) is 3.39. The molecular weight excluding hydrogens is 239 g/mol. The number of benzene rings is 1. The Morgan fingerprint density at radius 1 is 1.32 bits per heavy atom. The van der Waals surface area contributed by atoms with Crippen LogP contribution in [0.25, 0.3) is 0 Å². The number of nitrogens with one attached hydrogen (secondary N) is 1. The van der Waals surface area contributed by atoms with E-state index in [1.165, 1.54) is 37.8 Å². The normalized spacial score (nSPS) is 12.1. The molecule has 0 saturated heterocycles. The number of unbranched alkanes of at least 4 members (excludes halogenated alkanes) is 1. The van der Waals surface area contributed by atoms with Crippen molar-refractivity contribution in [2.24, 2.45) is 5.92 Å². The highest BCUT2D eigenvalue weighted by Gasteiger charge is 2.06. The number of rotatable bonds is 8. The second-order valence-corrected chi connectivity index (χ2v) is 5.01. The number of halogens is 1. The first-order chi connectivity index (χ1) is 9.19. The van der Waals surface area contributed by atoms with Crippen LogP contribution in [-0.4, -0.2) is 6.54 Å². The van der Waals surface area contributed by atoms with Crippen LogP contribution in [0.5, 0.6) is 0 Å². The zero-order valence-corrected chi connectivity index (χ0v) is 11.9. The van der Waals surface area contributed by atoms with Crippen molar-refractivity contribution >= 4 is 0 Å². The second kappa shape index (κ2) is 8.66. The Hall–Kier alpha value is -1.40. The maximum atomic E-state index is 13.3. The van der Waals surface area contributed by atoms with Crippen molar-refractivity contribution in [1.82, 2.24) is 5.32 Å². The van der Waals surface area contributed by atoms with Gasteiger partial charge in [0.1, 0.15) is 5.82 Å². The monoisotopic (exact) mass is 262 g/mol. The minimum absolute atomic E-state index is 0.339. The van der Waals surface area contributed by atoms with Crippen molar-refractivity contribution in [3.63, 3.8) is 0 Å². The summed E-state index contributed by atoms with van der Waals surface area (Å²) >= 11 is 0. The molecule has 1 unspecified atom stereocenters. The van der Waals surface area contributed by atoms with Crippen LogP contribution in [0.2, 0.25) is 0 Å². The minimum atomic E-state index is -0.339. The highest BCUT2D eigenvalue weighted by molar-refractivity contribution is 5.33. The van der Waals surface area contributed by atoms with Gasteiger partial charge in [-0.3, -0.25) is 0 Å². The average Bonchev–Trinajstić information content (AvgIpc) is 2.42. The molecule has 0 saturated carbocycles. The van der Waals surface area contributed by atoms with Gasteiger partial charge in [0.05, 0.1) is 11.6 Å². The van der Waals surface area contributed by atoms with Crippen molar-refractivity contribution in [2.75, 3.05) is 6.54 Å². The lowest BCUT2D eigenvalue weighted by Crippen LogP contribution is -2.22. The molecule has 0 amide bonds. The molecule has 0 aliphatic carbocycles. The Kier molecular flexibility index (Phi) is 7.14. The Labute approximate surface area is 115 Å². The van der Waals surface area contributed by atoms with E-state index in [2.05, 4.69) is 19.2 Å². The summed E-state index contributed by atoms with van der Waals surface area (Å²) in [5.41, 5.74) is 1.22. The van der Waals surface area contributed by atoms with Gasteiger partial charge in [0, 0.05) is 6.54 Å². The summed E-state index contributed by atoms with van der Waals surface area (Å²) in [6.45, 7) is 5.98. The van der Waals surface area contributed by atoms with Gasteiger partial charge in [-0.25, -0.2) is 4.39 Å². The van der Waals surface area contributed by atoms with E-state index in [1.807, 2.05) is 6.07 Å². The van der Waals surface area contributed by atoms with E-state index in [1.54, 1.807) is 6.07 Å². The first-order valence-corrected chi connectivity index (χ1v) is 7.09. The minimum Gasteiger partial charge on any atom is -0.312 e. The van der Waals surface area contributed by atoms with Crippen LogP contribution < -0.4 is 5.32 Å². The molecule has 0 fully saturated rings. The fourth-order valence-corrected chi connectivity index (χ4v) is 2.18. The van der Waals surface area contributed by atoms with E-state index in [4.69, 9.17) is 5.26 Å². The van der Waals surface area contributed by atoms with Gasteiger partial charge in [0.2, 0.25) is 0 Å². The van der Waals surface area contributed by atoms with Gasteiger partial charge >= 0.3 is 0 Å². The third-order valence-electron chi connectivity index (χ3n) is 3.39. The molecule has 1 rings (SSSR count). The molecule has 1 atom stereocenters. The molecule has 104 valence electrons. The molecule has 1 N–H and O–H groups in total. The van der Waals surface area contributed by atoms with E-state index >= 15 is 0 Å². The summed E-state index contributed by atoms with van der Waals surface area (Å²) in [6.07, 6.45) is 4.90. The van der Waals surface area contributed by atoms with Crippen LogP contribution in [0, 0.1) is 23.1 Å². The summed E-state index contributed by atoms with van der Waals surface area (Å²) < 4.78 is 13.3. The molecule has 0 spiro atoms. The summed E-state index contributed by atoms with van der Waals surface area (Å²) in [6, 6.07) is 6.47. The van der Waals surface area contributed by atoms with Gasteiger partial charge in [0.15, 0.2) is 0 Å². The van der Waals surface area contributed by atoms with Gasteiger partial charge in [0.25, 0.3) is 0 Å². The predicted octanol–water partition coefficient (Wildman–Crippen LogP) is 4.00. The van der Waals surface area contributed by atoms with Crippen LogP contribution >= 0.6 is 0 Å². The summed E-state index contributed by atoms with van der Waals surface area (Å²) in [5, 5.41) is 12.2. The van der Waals surface area contributed by atoms with Crippen molar-refractivity contribution in [2.45, 2.75) is 46.1 Å². The predicted molar refractivity (Wildman–Crippen MR) is 76.1 cm³/mol. The quantitative estimate of drug-likeness (QED) is 0.768. The molecule has 19 heavy (non-hydrogen) atoms. The van der Waals surface area contributed by atoms with Gasteiger partial charge in [-0.1, -0.05) is 33.1 Å². The Bertz CT molecular complexity index is 423. The highest BCUT2D eigenvalue weighted by atomic mass is 19.1. The number of hydrogen-bond acceptors (Lipinski definition) is 2. The number of nitrogens with zero attached hydrogens (tertiary/aromatic N) is 1. The van der Waals surface area contributed by atoms with Crippen molar-refractivity contribution < 1.29 is 4.39 Å². The Morgan fingerprint density at radius 3 is 2.74 bits per heavy atom. The van der Waals surface area contributed by atoms with Gasteiger partial charge in [-0.15, -0.1) is 0 Å². The molecule has 0 heterocycles. The number of hydrogen-bond donors (Lipinski definition) is 1. The van der Waals surface area contributed by atoms with Crippen LogP contribution in [-0.2, 0) is 6.54 Å². The third kappa shape index (κ3) is 5.85. The van der Waals surface area contributed by atoms with Crippen LogP contribution in [0.3, 0.4) is 0 Å². The van der Waals surface area contributed by atoms with E-state index < -0.39 is 0 Å². The van der Waals surface area contributed by atoms with E-state index in [0.717, 1.165) is 12.1 Å². The summed E-state index contributed by atoms with van der Waals surface area (Å²) in [7, 11) is 0. The van der Waals surface area contributed by atoms with Crippen LogP contribution in [0.4, 0.5) is 4.39 Å². The van der Waals surface area contributed by atoms with Crippen molar-refractivity contribution in [3.05, 3.63) is 35.1 Å². The average molecular weight is 262 g/mol. The second-order valence-electron chi connectivity index (χ2n) is 5.01. The molecular formula is C16H23FN2. The molecule has 0 radical (unpaired) electrons. The summed E-state index contributed by atoms with van der Waals surface area (Å²) in [4.78, 5) is 0. The molecule has 0 aromatic heterocycles. The molecule has 1 aromatic rings. The number of nitriles is 1. The van der Waals surface area contributed by atoms with Crippen LogP contribution in [0.1, 0.15) is 50.7 Å². The lowest BCUT2D eigenvalue weighted by Gasteiger charge is -2.15. The largest absolute Gasteiger partial charge is 0.312 e. The zero-order chi connectivity index (χ0) is 14.1. The highest BCUT2D eigenvalue weighted by Crippen LogP contribution is 2.12. The lowest BCUT2D eigenvalue weighted by molar-refractivity contribution is 0.419. The van der Waals surface area contributed by atoms with Gasteiger partial charge in [-0.05, 0) is 42.6 Å². The molecule has 3 heteroatoms. The van der Waals surface area contributed by atoms with Gasteiger partial charge < -0.3 is 5.32 Å². The van der Waals surface area contributed by atoms with E-state index in [9.17, 15) is 4.39 Å². The van der Waals surface area contributed by atoms with E-state index in [0.29, 0.717) is 18.0 Å². The molecule has 2 nitrogen and oxygen atoms in total. The molecule has 0 aliphatic rings. The maximum absolute atomic E-state index is 13.3.